The molecule has 3 aromatic rings. The van der Waals surface area contributed by atoms with Crippen LogP contribution in [-0.4, -0.2) is 52.3 Å². The van der Waals surface area contributed by atoms with Crippen molar-refractivity contribution in [3.05, 3.63) is 73.5 Å². The fourth-order valence-corrected chi connectivity index (χ4v) is 3.45. The molecular formula is C25H26FN5O4. The van der Waals surface area contributed by atoms with Gasteiger partial charge in [-0.3, -0.25) is 4.79 Å². The molecule has 0 atom stereocenters. The van der Waals surface area contributed by atoms with E-state index in [9.17, 15) is 9.18 Å². The molecule has 10 heteroatoms. The van der Waals surface area contributed by atoms with E-state index >= 15 is 0 Å². The van der Waals surface area contributed by atoms with Gasteiger partial charge in [-0.1, -0.05) is 18.7 Å². The molecule has 35 heavy (non-hydrogen) atoms. The van der Waals surface area contributed by atoms with E-state index in [-0.39, 0.29) is 25.6 Å². The first-order valence-electron chi connectivity index (χ1n) is 11.0. The topological polar surface area (TPSA) is 111 Å². The molecular weight excluding hydrogens is 453 g/mol. The highest BCUT2D eigenvalue weighted by molar-refractivity contribution is 5.78. The second-order valence-electron chi connectivity index (χ2n) is 8.19. The van der Waals surface area contributed by atoms with Crippen molar-refractivity contribution in [3.63, 3.8) is 0 Å². The van der Waals surface area contributed by atoms with Crippen LogP contribution in [0.25, 0.3) is 22.6 Å². The van der Waals surface area contributed by atoms with E-state index in [1.807, 2.05) is 0 Å². The Kier molecular flexibility index (Phi) is 7.33. The summed E-state index contributed by atoms with van der Waals surface area (Å²) >= 11 is 0. The number of rotatable bonds is 9. The number of nitrogens with one attached hydrogen (secondary N) is 2. The Bertz CT molecular complexity index is 1200. The number of esters is 1. The highest BCUT2D eigenvalue weighted by Crippen LogP contribution is 2.36. The van der Waals surface area contributed by atoms with Crippen LogP contribution < -0.4 is 5.32 Å². The zero-order chi connectivity index (χ0) is 24.8. The minimum atomic E-state index is -0.951. The summed E-state index contributed by atoms with van der Waals surface area (Å²) in [5.41, 5.74) is 1.42. The summed E-state index contributed by atoms with van der Waals surface area (Å²) < 4.78 is 30.4. The summed E-state index contributed by atoms with van der Waals surface area (Å²) in [7, 11) is 0. The van der Waals surface area contributed by atoms with Crippen molar-refractivity contribution in [2.24, 2.45) is 5.41 Å². The van der Waals surface area contributed by atoms with Gasteiger partial charge in [-0.2, -0.15) is 0 Å². The van der Waals surface area contributed by atoms with Crippen molar-refractivity contribution in [1.29, 1.82) is 0 Å². The Hall–Kier alpha value is -3.89. The normalized spacial score (nSPS) is 19.7. The number of hydrogen-bond donors (Lipinski definition) is 2. The van der Waals surface area contributed by atoms with Crippen LogP contribution in [0.15, 0.2) is 61.8 Å². The third-order valence-corrected chi connectivity index (χ3v) is 5.31. The minimum Gasteiger partial charge on any atom is -0.461 e. The Balaban J connectivity index is 1.64. The maximum Gasteiger partial charge on any atom is 0.316 e. The standard InChI is InChI=1S/C25H26FN5O4/c1-4-11-27-24-28-12-10-18(29-24)20-19(16-6-8-17(26)9-7-16)30-21(31-20)22-34-14-25(3,15-35-22)23(32)33-13-5-2/h4-10,12,22H,1-2,11,13-15H2,3H3,(H,30,31)(H,27,28,29). The molecule has 0 spiro atoms. The number of aromatic amines is 1. The van der Waals surface area contributed by atoms with Gasteiger partial charge in [-0.15, -0.1) is 6.58 Å². The smallest absolute Gasteiger partial charge is 0.316 e. The molecule has 1 aromatic carbocycles. The van der Waals surface area contributed by atoms with Gasteiger partial charge in [0.15, 0.2) is 5.82 Å². The Morgan fingerprint density at radius 3 is 2.66 bits per heavy atom. The Morgan fingerprint density at radius 2 is 1.97 bits per heavy atom. The van der Waals surface area contributed by atoms with E-state index in [1.54, 1.807) is 37.4 Å². The molecule has 1 fully saturated rings. The average Bonchev–Trinajstić information content (AvgIpc) is 3.32. The lowest BCUT2D eigenvalue weighted by Gasteiger charge is -2.34. The zero-order valence-electron chi connectivity index (χ0n) is 19.3. The fourth-order valence-electron chi connectivity index (χ4n) is 3.45. The molecule has 1 saturated heterocycles. The molecule has 2 aromatic heterocycles. The van der Waals surface area contributed by atoms with Crippen LogP contribution in [-0.2, 0) is 19.0 Å². The van der Waals surface area contributed by atoms with E-state index in [1.165, 1.54) is 18.2 Å². The zero-order valence-corrected chi connectivity index (χ0v) is 19.3. The fraction of sp³-hybridized carbons (Fsp3) is 0.280. The Labute approximate surface area is 202 Å². The summed E-state index contributed by atoms with van der Waals surface area (Å²) in [5, 5.41) is 3.05. The number of H-pyrrole nitrogens is 1. The van der Waals surface area contributed by atoms with Gasteiger partial charge in [-0.05, 0) is 37.3 Å². The van der Waals surface area contributed by atoms with Gasteiger partial charge >= 0.3 is 5.97 Å². The molecule has 0 amide bonds. The van der Waals surface area contributed by atoms with E-state index in [0.717, 1.165) is 0 Å². The lowest BCUT2D eigenvalue weighted by molar-refractivity contribution is -0.238. The maximum absolute atomic E-state index is 13.6. The number of carbonyl (C=O) groups excluding carboxylic acids is 1. The molecule has 1 aliphatic heterocycles. The molecule has 1 aliphatic rings. The van der Waals surface area contributed by atoms with Crippen LogP contribution >= 0.6 is 0 Å². The van der Waals surface area contributed by atoms with Crippen molar-refractivity contribution in [3.8, 4) is 22.6 Å². The monoisotopic (exact) mass is 479 g/mol. The Morgan fingerprint density at radius 1 is 1.23 bits per heavy atom. The van der Waals surface area contributed by atoms with Crippen LogP contribution in [0.4, 0.5) is 10.3 Å². The van der Waals surface area contributed by atoms with Gasteiger partial charge in [0.1, 0.15) is 17.8 Å². The summed E-state index contributed by atoms with van der Waals surface area (Å²) in [6.07, 6.45) is 3.98. The van der Waals surface area contributed by atoms with Crippen LogP contribution in [0.2, 0.25) is 0 Å². The summed E-state index contributed by atoms with van der Waals surface area (Å²) in [4.78, 5) is 29.1. The number of carbonyl (C=O) groups is 1. The highest BCUT2D eigenvalue weighted by Gasteiger charge is 2.42. The van der Waals surface area contributed by atoms with Gasteiger partial charge in [0.25, 0.3) is 0 Å². The van der Waals surface area contributed by atoms with Crippen molar-refractivity contribution in [1.82, 2.24) is 19.9 Å². The summed E-state index contributed by atoms with van der Waals surface area (Å²) in [6, 6.07) is 7.72. The minimum absolute atomic E-state index is 0.0820. The largest absolute Gasteiger partial charge is 0.461 e. The van der Waals surface area contributed by atoms with Crippen LogP contribution in [0.3, 0.4) is 0 Å². The van der Waals surface area contributed by atoms with Crippen LogP contribution in [0.1, 0.15) is 19.0 Å². The number of imidazole rings is 1. The van der Waals surface area contributed by atoms with Crippen molar-refractivity contribution in [2.45, 2.75) is 13.2 Å². The van der Waals surface area contributed by atoms with E-state index < -0.39 is 17.7 Å². The first-order chi connectivity index (χ1) is 16.9. The van der Waals surface area contributed by atoms with Crippen LogP contribution in [0, 0.1) is 11.2 Å². The third kappa shape index (κ3) is 5.44. The molecule has 0 bridgehead atoms. The number of aromatic nitrogens is 4. The molecule has 182 valence electrons. The van der Waals surface area contributed by atoms with Crippen molar-refractivity contribution in [2.75, 3.05) is 31.7 Å². The molecule has 0 radical (unpaired) electrons. The molecule has 0 aliphatic carbocycles. The second-order valence-corrected chi connectivity index (χ2v) is 8.19. The number of ether oxygens (including phenoxy) is 3. The molecule has 9 nitrogen and oxygen atoms in total. The second kappa shape index (κ2) is 10.6. The third-order valence-electron chi connectivity index (χ3n) is 5.31. The molecule has 0 unspecified atom stereocenters. The van der Waals surface area contributed by atoms with E-state index in [0.29, 0.717) is 41.0 Å². The predicted molar refractivity (Wildman–Crippen MR) is 128 cm³/mol. The molecule has 3 heterocycles. The first kappa shape index (κ1) is 24.2. The predicted octanol–water partition coefficient (Wildman–Crippen LogP) is 4.05. The van der Waals surface area contributed by atoms with Crippen LogP contribution in [0.5, 0.6) is 0 Å². The first-order valence-corrected chi connectivity index (χ1v) is 11.0. The number of halogens is 1. The van der Waals surface area contributed by atoms with Crippen molar-refractivity contribution >= 4 is 11.9 Å². The maximum atomic E-state index is 13.6. The lowest BCUT2D eigenvalue weighted by atomic mass is 9.92. The SMILES string of the molecule is C=CCNc1nccc(-c2[nH]c(C3OCC(C)(C(=O)OCC=C)CO3)nc2-c2ccc(F)cc2)n1. The highest BCUT2D eigenvalue weighted by atomic mass is 19.1. The summed E-state index contributed by atoms with van der Waals surface area (Å²) in [5.74, 6) is 0.0247. The lowest BCUT2D eigenvalue weighted by Crippen LogP contribution is -2.43. The number of hydrogen-bond acceptors (Lipinski definition) is 8. The quantitative estimate of drug-likeness (QED) is 0.349. The average molecular weight is 480 g/mol. The van der Waals surface area contributed by atoms with E-state index in [4.69, 9.17) is 14.2 Å². The molecule has 2 N–H and O–H groups in total. The van der Waals surface area contributed by atoms with Gasteiger partial charge in [-0.25, -0.2) is 19.3 Å². The van der Waals surface area contributed by atoms with Gasteiger partial charge in [0.05, 0.1) is 30.3 Å². The number of benzene rings is 1. The molecule has 4 rings (SSSR count). The van der Waals surface area contributed by atoms with Gasteiger partial charge in [0, 0.05) is 18.3 Å². The number of nitrogens with zero attached hydrogens (tertiary/aromatic N) is 3. The van der Waals surface area contributed by atoms with Gasteiger partial charge < -0.3 is 24.5 Å². The van der Waals surface area contributed by atoms with E-state index in [2.05, 4.69) is 38.4 Å². The summed E-state index contributed by atoms with van der Waals surface area (Å²) in [6.45, 7) is 9.72. The number of anilines is 1. The van der Waals surface area contributed by atoms with Crippen molar-refractivity contribution < 1.29 is 23.4 Å². The van der Waals surface area contributed by atoms with Gasteiger partial charge in [0.2, 0.25) is 12.2 Å². The molecule has 0 saturated carbocycles.